The maximum atomic E-state index is 12.6. The number of carbonyl (C=O) groups excluding carboxylic acids is 1. The molecule has 0 saturated carbocycles. The minimum Gasteiger partial charge on any atom is -0.352 e. The van der Waals surface area contributed by atoms with E-state index in [2.05, 4.69) is 20.4 Å². The first-order valence-electron chi connectivity index (χ1n) is 9.90. The number of piperidine rings is 1. The molecule has 1 aliphatic rings. The minimum absolute atomic E-state index is 0.0458. The molecule has 2 aromatic carbocycles. The normalized spacial score (nSPS) is 17.1. The molecule has 4 rings (SSSR count). The average Bonchev–Trinajstić information content (AvgIpc) is 3.21. The summed E-state index contributed by atoms with van der Waals surface area (Å²) in [7, 11) is 0. The summed E-state index contributed by atoms with van der Waals surface area (Å²) in [5.41, 5.74) is 1.77. The van der Waals surface area contributed by atoms with E-state index in [4.69, 9.17) is 27.7 Å². The van der Waals surface area contributed by atoms with Crippen LogP contribution in [0.4, 0.5) is 0 Å². The second-order valence-electron chi connectivity index (χ2n) is 7.41. The third kappa shape index (κ3) is 5.19. The van der Waals surface area contributed by atoms with Crippen LogP contribution >= 0.6 is 23.2 Å². The van der Waals surface area contributed by atoms with Gasteiger partial charge < -0.3 is 9.84 Å². The molecule has 6 nitrogen and oxygen atoms in total. The number of amides is 1. The summed E-state index contributed by atoms with van der Waals surface area (Å²) in [6.07, 6.45) is 1.83. The Morgan fingerprint density at radius 3 is 2.83 bits per heavy atom. The van der Waals surface area contributed by atoms with E-state index in [0.717, 1.165) is 24.9 Å². The summed E-state index contributed by atoms with van der Waals surface area (Å²) in [5.74, 6) is 0.973. The van der Waals surface area contributed by atoms with Crippen LogP contribution in [0.25, 0.3) is 11.4 Å². The number of carbonyl (C=O) groups is 1. The first-order chi connectivity index (χ1) is 14.6. The Balaban J connectivity index is 1.34. The van der Waals surface area contributed by atoms with Crippen LogP contribution in [0.1, 0.15) is 24.3 Å². The van der Waals surface area contributed by atoms with Crippen molar-refractivity contribution in [3.63, 3.8) is 0 Å². The lowest BCUT2D eigenvalue weighted by molar-refractivity contribution is -0.127. The van der Waals surface area contributed by atoms with Gasteiger partial charge in [0.25, 0.3) is 0 Å². The lowest BCUT2D eigenvalue weighted by Crippen LogP contribution is -2.42. The molecule has 0 aliphatic carbocycles. The molecule has 1 aromatic heterocycles. The van der Waals surface area contributed by atoms with Crippen molar-refractivity contribution in [1.82, 2.24) is 20.4 Å². The second-order valence-corrected chi connectivity index (χ2v) is 8.26. The van der Waals surface area contributed by atoms with Crippen molar-refractivity contribution >= 4 is 29.1 Å². The van der Waals surface area contributed by atoms with Crippen LogP contribution in [0.2, 0.25) is 10.0 Å². The quantitative estimate of drug-likeness (QED) is 0.602. The number of hydrogen-bond acceptors (Lipinski definition) is 5. The zero-order valence-corrected chi connectivity index (χ0v) is 17.9. The van der Waals surface area contributed by atoms with E-state index in [-0.39, 0.29) is 11.8 Å². The lowest BCUT2D eigenvalue weighted by Gasteiger charge is -2.30. The summed E-state index contributed by atoms with van der Waals surface area (Å²) in [5, 5.41) is 8.12. The van der Waals surface area contributed by atoms with Gasteiger partial charge in [-0.05, 0) is 43.1 Å². The highest BCUT2D eigenvalue weighted by molar-refractivity contribution is 6.36. The van der Waals surface area contributed by atoms with Crippen molar-refractivity contribution in [2.24, 2.45) is 5.92 Å². The predicted molar refractivity (Wildman–Crippen MR) is 116 cm³/mol. The fourth-order valence-electron chi connectivity index (χ4n) is 3.63. The van der Waals surface area contributed by atoms with Crippen LogP contribution in [0.5, 0.6) is 0 Å². The minimum atomic E-state index is -0.0458. The fraction of sp³-hybridized carbons (Fsp3) is 0.318. The smallest absolute Gasteiger partial charge is 0.241 e. The van der Waals surface area contributed by atoms with Crippen molar-refractivity contribution < 1.29 is 9.32 Å². The van der Waals surface area contributed by atoms with Gasteiger partial charge in [-0.3, -0.25) is 9.69 Å². The Bertz CT molecular complexity index is 1010. The Hall–Kier alpha value is -2.41. The van der Waals surface area contributed by atoms with Gasteiger partial charge in [-0.1, -0.05) is 58.7 Å². The second kappa shape index (κ2) is 9.60. The van der Waals surface area contributed by atoms with Crippen molar-refractivity contribution in [1.29, 1.82) is 0 Å². The first kappa shape index (κ1) is 20.8. The molecule has 1 amide bonds. The molecule has 0 spiro atoms. The highest BCUT2D eigenvalue weighted by Gasteiger charge is 2.27. The molecular formula is C22H22Cl2N4O2. The van der Waals surface area contributed by atoms with E-state index < -0.39 is 0 Å². The lowest BCUT2D eigenvalue weighted by atomic mass is 9.97. The Labute approximate surface area is 185 Å². The number of rotatable bonds is 6. The third-order valence-corrected chi connectivity index (χ3v) is 5.73. The number of aromatic nitrogens is 2. The number of nitrogens with zero attached hydrogens (tertiary/aromatic N) is 3. The van der Waals surface area contributed by atoms with E-state index in [1.54, 1.807) is 18.2 Å². The molecule has 2 heterocycles. The van der Waals surface area contributed by atoms with Crippen molar-refractivity contribution in [3.8, 4) is 11.4 Å². The maximum Gasteiger partial charge on any atom is 0.241 e. The molecule has 1 saturated heterocycles. The summed E-state index contributed by atoms with van der Waals surface area (Å²) < 4.78 is 5.41. The van der Waals surface area contributed by atoms with Gasteiger partial charge in [0.05, 0.1) is 17.5 Å². The SMILES string of the molecule is O=C(NCc1ccccc1)C1CCCN(Cc2nc(-c3ccc(Cl)cc3Cl)no2)C1. The Morgan fingerprint density at radius 1 is 1.20 bits per heavy atom. The molecule has 1 N–H and O–H groups in total. The molecule has 1 aliphatic heterocycles. The average molecular weight is 445 g/mol. The monoisotopic (exact) mass is 444 g/mol. The van der Waals surface area contributed by atoms with Crippen LogP contribution in [0.15, 0.2) is 53.1 Å². The van der Waals surface area contributed by atoms with Crippen LogP contribution in [-0.2, 0) is 17.9 Å². The van der Waals surface area contributed by atoms with Crippen LogP contribution in [0, 0.1) is 5.92 Å². The Morgan fingerprint density at radius 2 is 2.03 bits per heavy atom. The van der Waals surface area contributed by atoms with Gasteiger partial charge in [-0.2, -0.15) is 4.98 Å². The Kier molecular flexibility index (Phi) is 6.67. The fourth-order valence-corrected chi connectivity index (χ4v) is 4.13. The molecular weight excluding hydrogens is 423 g/mol. The summed E-state index contributed by atoms with van der Waals surface area (Å²) in [4.78, 5) is 19.2. The highest BCUT2D eigenvalue weighted by Crippen LogP contribution is 2.28. The van der Waals surface area contributed by atoms with Crippen LogP contribution in [0.3, 0.4) is 0 Å². The molecule has 8 heteroatoms. The number of likely N-dealkylation sites (tertiary alicyclic amines) is 1. The van der Waals surface area contributed by atoms with E-state index in [0.29, 0.717) is 47.0 Å². The summed E-state index contributed by atoms with van der Waals surface area (Å²) in [6.45, 7) is 2.60. The van der Waals surface area contributed by atoms with Crippen molar-refractivity contribution in [2.75, 3.05) is 13.1 Å². The van der Waals surface area contributed by atoms with Gasteiger partial charge in [0, 0.05) is 23.7 Å². The number of hydrogen-bond donors (Lipinski definition) is 1. The number of benzene rings is 2. The van der Waals surface area contributed by atoms with Gasteiger partial charge in [-0.25, -0.2) is 0 Å². The molecule has 30 heavy (non-hydrogen) atoms. The maximum absolute atomic E-state index is 12.6. The van der Waals surface area contributed by atoms with E-state index >= 15 is 0 Å². The highest BCUT2D eigenvalue weighted by atomic mass is 35.5. The molecule has 1 atom stereocenters. The summed E-state index contributed by atoms with van der Waals surface area (Å²) >= 11 is 12.2. The molecule has 0 radical (unpaired) electrons. The number of nitrogens with one attached hydrogen (secondary N) is 1. The summed E-state index contributed by atoms with van der Waals surface area (Å²) in [6, 6.07) is 15.1. The predicted octanol–water partition coefficient (Wildman–Crippen LogP) is 4.57. The molecule has 3 aromatic rings. The zero-order valence-electron chi connectivity index (χ0n) is 16.4. The van der Waals surface area contributed by atoms with Gasteiger partial charge in [0.15, 0.2) is 0 Å². The van der Waals surface area contributed by atoms with Gasteiger partial charge in [-0.15, -0.1) is 0 Å². The molecule has 1 unspecified atom stereocenters. The molecule has 156 valence electrons. The topological polar surface area (TPSA) is 71.3 Å². The molecule has 0 bridgehead atoms. The van der Waals surface area contributed by atoms with E-state index in [1.807, 2.05) is 30.3 Å². The van der Waals surface area contributed by atoms with E-state index in [1.165, 1.54) is 0 Å². The van der Waals surface area contributed by atoms with Crippen molar-refractivity contribution in [2.45, 2.75) is 25.9 Å². The van der Waals surface area contributed by atoms with Crippen LogP contribution < -0.4 is 5.32 Å². The first-order valence-corrected chi connectivity index (χ1v) is 10.7. The largest absolute Gasteiger partial charge is 0.352 e. The van der Waals surface area contributed by atoms with Gasteiger partial charge >= 0.3 is 0 Å². The number of halogens is 2. The third-order valence-electron chi connectivity index (χ3n) is 5.18. The van der Waals surface area contributed by atoms with E-state index in [9.17, 15) is 4.79 Å². The molecule has 1 fully saturated rings. The van der Waals surface area contributed by atoms with Gasteiger partial charge in [0.1, 0.15) is 0 Å². The zero-order chi connectivity index (χ0) is 20.9. The van der Waals surface area contributed by atoms with Crippen molar-refractivity contribution in [3.05, 3.63) is 70.0 Å². The van der Waals surface area contributed by atoms with Gasteiger partial charge in [0.2, 0.25) is 17.6 Å². The van der Waals surface area contributed by atoms with Crippen LogP contribution in [-0.4, -0.2) is 34.0 Å². The standard InChI is InChI=1S/C22H22Cl2N4O2/c23-17-8-9-18(19(24)11-17)21-26-20(30-27-21)14-28-10-4-7-16(13-28)22(29)25-12-15-5-2-1-3-6-15/h1-3,5-6,8-9,11,16H,4,7,10,12-14H2,(H,25,29).